The molecule has 0 aromatic heterocycles. The van der Waals surface area contributed by atoms with Crippen molar-refractivity contribution >= 4 is 24.1 Å². The van der Waals surface area contributed by atoms with Crippen molar-refractivity contribution in [3.8, 4) is 23.0 Å². The van der Waals surface area contributed by atoms with E-state index < -0.39 is 92.3 Å². The van der Waals surface area contributed by atoms with Crippen LogP contribution in [0.4, 0.5) is 0 Å². The third-order valence-corrected chi connectivity index (χ3v) is 7.39. The maximum atomic E-state index is 12.3. The number of aliphatic hydroxyl groups excluding tert-OH is 7. The van der Waals surface area contributed by atoms with Gasteiger partial charge >= 0.3 is 11.9 Å². The second-order valence-electron chi connectivity index (χ2n) is 10.7. The zero-order chi connectivity index (χ0) is 35.1. The van der Waals surface area contributed by atoms with E-state index >= 15 is 0 Å². The van der Waals surface area contributed by atoms with Gasteiger partial charge in [0.1, 0.15) is 55.4 Å². The van der Waals surface area contributed by atoms with E-state index in [-0.39, 0.29) is 22.8 Å². The van der Waals surface area contributed by atoms with Gasteiger partial charge in [0.15, 0.2) is 23.0 Å². The summed E-state index contributed by atoms with van der Waals surface area (Å²) in [5, 5.41) is 90.2. The molecule has 2 fully saturated rings. The monoisotopic (exact) mass is 680 g/mol. The summed E-state index contributed by atoms with van der Waals surface area (Å²) in [6, 6.07) is 8.15. The average Bonchev–Trinajstić information content (AvgIpc) is 3.07. The highest BCUT2D eigenvalue weighted by Crippen LogP contribution is 2.32. The van der Waals surface area contributed by atoms with Gasteiger partial charge in [0, 0.05) is 12.2 Å². The molecule has 0 unspecified atom stereocenters. The lowest BCUT2D eigenvalue weighted by molar-refractivity contribution is -0.291. The SMILES string of the molecule is COc1cc(/C=C/C(=O)OC[C@H]2O[C@@H](Oc3ccc(/C=C/C(=O)O[C@@H]4O[C@H](CO)[C@@H](O)[C@H](O)[C@H]4O)cc3O)[C@H](O)[C@@H](O)[C@@H]2O)ccc1O. The van der Waals surface area contributed by atoms with Crippen LogP contribution in [0.15, 0.2) is 48.6 Å². The standard InChI is InChI=1S/C31H36O17/c1-43-19-11-15(2-6-16(19)33)4-8-22(35)44-13-21-25(38)27(40)28(41)30(47-21)45-18-7-3-14(10-17(18)34)5-9-23(36)48-31-29(42)26(39)24(37)20(12-32)46-31/h2-11,20-21,24-34,37-42H,12-13H2,1H3/b8-4+,9-5+/t20-,21-,24-,25-,26+,27+,28-,29-,30-,31+/m1/s1. The van der Waals surface area contributed by atoms with E-state index in [4.69, 9.17) is 28.4 Å². The van der Waals surface area contributed by atoms with E-state index in [2.05, 4.69) is 0 Å². The molecule has 2 aliphatic rings. The first kappa shape index (κ1) is 36.5. The Kier molecular flexibility index (Phi) is 12.3. The molecule has 9 N–H and O–H groups in total. The summed E-state index contributed by atoms with van der Waals surface area (Å²) in [4.78, 5) is 24.5. The van der Waals surface area contributed by atoms with Crippen molar-refractivity contribution in [1.29, 1.82) is 0 Å². The van der Waals surface area contributed by atoms with E-state index in [9.17, 15) is 55.5 Å². The van der Waals surface area contributed by atoms with Crippen LogP contribution in [-0.4, -0.2) is 140 Å². The molecule has 17 nitrogen and oxygen atoms in total. The van der Waals surface area contributed by atoms with Crippen LogP contribution in [-0.2, 0) is 28.5 Å². The average molecular weight is 681 g/mol. The number of carbonyl (C=O) groups excluding carboxylic acids is 2. The van der Waals surface area contributed by atoms with Crippen LogP contribution < -0.4 is 9.47 Å². The lowest BCUT2D eigenvalue weighted by Crippen LogP contribution is -2.60. The number of aliphatic hydroxyl groups is 7. The smallest absolute Gasteiger partial charge is 0.333 e. The Morgan fingerprint density at radius 1 is 0.708 bits per heavy atom. The third-order valence-electron chi connectivity index (χ3n) is 7.39. The molecule has 17 heteroatoms. The normalized spacial score (nSPS) is 30.7. The number of carbonyl (C=O) groups is 2. The number of aromatic hydroxyl groups is 2. The molecular formula is C31H36O17. The molecule has 4 rings (SSSR count). The number of hydrogen-bond donors (Lipinski definition) is 9. The third kappa shape index (κ3) is 8.78. The van der Waals surface area contributed by atoms with Crippen LogP contribution in [0.2, 0.25) is 0 Å². The Morgan fingerprint density at radius 3 is 1.94 bits per heavy atom. The Morgan fingerprint density at radius 2 is 1.29 bits per heavy atom. The minimum atomic E-state index is -1.79. The molecule has 2 aromatic carbocycles. The largest absolute Gasteiger partial charge is 0.504 e. The molecule has 0 amide bonds. The van der Waals surface area contributed by atoms with Crippen molar-refractivity contribution in [1.82, 2.24) is 0 Å². The molecule has 10 atom stereocenters. The quantitative estimate of drug-likeness (QED) is 0.0909. The van der Waals surface area contributed by atoms with Gasteiger partial charge in [0.2, 0.25) is 12.6 Å². The highest BCUT2D eigenvalue weighted by Gasteiger charge is 2.46. The number of hydrogen-bond acceptors (Lipinski definition) is 17. The number of methoxy groups -OCH3 is 1. The van der Waals surface area contributed by atoms with Crippen molar-refractivity contribution in [2.75, 3.05) is 20.3 Å². The fraction of sp³-hybridized carbons (Fsp3) is 0.419. The van der Waals surface area contributed by atoms with Crippen molar-refractivity contribution < 1.29 is 84.0 Å². The molecule has 0 aliphatic carbocycles. The second kappa shape index (κ2) is 16.2. The molecule has 0 saturated carbocycles. The van der Waals surface area contributed by atoms with Crippen LogP contribution >= 0.6 is 0 Å². The summed E-state index contributed by atoms with van der Waals surface area (Å²) in [6.07, 6.45) is -11.8. The van der Waals surface area contributed by atoms with E-state index in [1.807, 2.05) is 0 Å². The summed E-state index contributed by atoms with van der Waals surface area (Å²) in [5.74, 6) is -2.49. The zero-order valence-electron chi connectivity index (χ0n) is 25.3. The topological polar surface area (TPSA) is 272 Å². The van der Waals surface area contributed by atoms with Crippen molar-refractivity contribution in [2.24, 2.45) is 0 Å². The minimum Gasteiger partial charge on any atom is -0.504 e. The Bertz CT molecular complexity index is 1470. The van der Waals surface area contributed by atoms with E-state index in [1.165, 1.54) is 49.6 Å². The Balaban J connectivity index is 1.33. The van der Waals surface area contributed by atoms with E-state index in [1.54, 1.807) is 0 Å². The van der Waals surface area contributed by atoms with Crippen LogP contribution in [0.3, 0.4) is 0 Å². The van der Waals surface area contributed by atoms with Crippen LogP contribution in [0.25, 0.3) is 12.2 Å². The van der Waals surface area contributed by atoms with Crippen molar-refractivity contribution in [3.63, 3.8) is 0 Å². The maximum Gasteiger partial charge on any atom is 0.333 e. The molecule has 2 saturated heterocycles. The number of phenolic OH excluding ortho intramolecular Hbond substituents is 2. The van der Waals surface area contributed by atoms with Crippen LogP contribution in [0.5, 0.6) is 23.0 Å². The number of rotatable bonds is 11. The summed E-state index contributed by atoms with van der Waals surface area (Å²) >= 11 is 0. The lowest BCUT2D eigenvalue weighted by atomic mass is 9.99. The Labute approximate surface area is 272 Å². The maximum absolute atomic E-state index is 12.3. The molecular weight excluding hydrogens is 644 g/mol. The van der Waals surface area contributed by atoms with Gasteiger partial charge in [-0.2, -0.15) is 0 Å². The highest BCUT2D eigenvalue weighted by molar-refractivity contribution is 5.87. The van der Waals surface area contributed by atoms with Gasteiger partial charge in [0.25, 0.3) is 0 Å². The van der Waals surface area contributed by atoms with Gasteiger partial charge in [-0.3, -0.25) is 0 Å². The predicted molar refractivity (Wildman–Crippen MR) is 159 cm³/mol. The first-order valence-corrected chi connectivity index (χ1v) is 14.4. The lowest BCUT2D eigenvalue weighted by Gasteiger charge is -2.39. The number of phenols is 2. The van der Waals surface area contributed by atoms with Crippen molar-refractivity contribution in [2.45, 2.75) is 61.4 Å². The summed E-state index contributed by atoms with van der Waals surface area (Å²) in [7, 11) is 1.37. The predicted octanol–water partition coefficient (Wildman–Crippen LogP) is -2.09. The van der Waals surface area contributed by atoms with Crippen LogP contribution in [0, 0.1) is 0 Å². The summed E-state index contributed by atoms with van der Waals surface area (Å²) in [6.45, 7) is -1.27. The molecule has 262 valence electrons. The van der Waals surface area contributed by atoms with Crippen molar-refractivity contribution in [3.05, 3.63) is 59.7 Å². The zero-order valence-corrected chi connectivity index (χ0v) is 25.3. The van der Waals surface area contributed by atoms with Crippen LogP contribution in [0.1, 0.15) is 11.1 Å². The number of esters is 2. The minimum absolute atomic E-state index is 0.0890. The summed E-state index contributed by atoms with van der Waals surface area (Å²) in [5.41, 5.74) is 0.756. The number of ether oxygens (including phenoxy) is 6. The van der Waals surface area contributed by atoms with Gasteiger partial charge in [0.05, 0.1) is 13.7 Å². The molecule has 0 spiro atoms. The first-order valence-electron chi connectivity index (χ1n) is 14.4. The van der Waals surface area contributed by atoms with Gasteiger partial charge in [-0.05, 0) is 47.5 Å². The van der Waals surface area contributed by atoms with E-state index in [0.717, 1.165) is 18.2 Å². The highest BCUT2D eigenvalue weighted by atomic mass is 16.7. The fourth-order valence-electron chi connectivity index (χ4n) is 4.67. The first-order chi connectivity index (χ1) is 22.8. The molecule has 2 heterocycles. The van der Waals surface area contributed by atoms with Gasteiger partial charge in [-0.25, -0.2) is 9.59 Å². The molecule has 0 bridgehead atoms. The van der Waals surface area contributed by atoms with E-state index in [0.29, 0.717) is 5.56 Å². The van der Waals surface area contributed by atoms with Gasteiger partial charge in [-0.1, -0.05) is 12.1 Å². The molecule has 2 aromatic rings. The summed E-state index contributed by atoms with van der Waals surface area (Å²) < 4.78 is 31.2. The molecule has 0 radical (unpaired) electrons. The van der Waals surface area contributed by atoms with Gasteiger partial charge in [-0.15, -0.1) is 0 Å². The second-order valence-corrected chi connectivity index (χ2v) is 10.7. The van der Waals surface area contributed by atoms with Gasteiger partial charge < -0.3 is 74.4 Å². The molecule has 2 aliphatic heterocycles. The fourth-order valence-corrected chi connectivity index (χ4v) is 4.67. The number of benzene rings is 2. The molecule has 48 heavy (non-hydrogen) atoms. The Hall–Kier alpha value is -4.30.